The van der Waals surface area contributed by atoms with Gasteiger partial charge in [0.05, 0.1) is 6.10 Å². The summed E-state index contributed by atoms with van der Waals surface area (Å²) in [6.07, 6.45) is 11.0. The van der Waals surface area contributed by atoms with E-state index < -0.39 is 0 Å². The van der Waals surface area contributed by atoms with Gasteiger partial charge < -0.3 is 5.11 Å². The highest BCUT2D eigenvalue weighted by molar-refractivity contribution is 4.95. The van der Waals surface area contributed by atoms with Gasteiger partial charge in [-0.3, -0.25) is 0 Å². The first-order valence-electron chi connectivity index (χ1n) is 7.41. The van der Waals surface area contributed by atoms with Crippen molar-refractivity contribution < 1.29 is 5.11 Å². The molecule has 1 heteroatoms. The third kappa shape index (κ3) is 12.0. The van der Waals surface area contributed by atoms with Crippen LogP contribution in [0.5, 0.6) is 0 Å². The molecule has 0 rings (SSSR count). The van der Waals surface area contributed by atoms with E-state index in [-0.39, 0.29) is 6.10 Å². The number of aliphatic hydroxyl groups is 1. The van der Waals surface area contributed by atoms with E-state index >= 15 is 0 Å². The predicted molar refractivity (Wildman–Crippen MR) is 77.2 cm³/mol. The molecule has 1 N–H and O–H groups in total. The second kappa shape index (κ2) is 10.8. The van der Waals surface area contributed by atoms with E-state index in [2.05, 4.69) is 20.4 Å². The van der Waals surface area contributed by atoms with E-state index in [1.54, 1.807) is 0 Å². The van der Waals surface area contributed by atoms with Crippen LogP contribution in [-0.2, 0) is 0 Å². The molecule has 0 saturated carbocycles. The number of allylic oxidation sites excluding steroid dienone is 1. The molecule has 0 radical (unpaired) electrons. The van der Waals surface area contributed by atoms with Crippen LogP contribution in [0.4, 0.5) is 0 Å². The van der Waals surface area contributed by atoms with Gasteiger partial charge in [0.1, 0.15) is 0 Å². The van der Waals surface area contributed by atoms with E-state index in [9.17, 15) is 5.11 Å². The number of aliphatic hydroxyl groups excluding tert-OH is 1. The molecule has 0 aromatic carbocycles. The Bertz CT molecular complexity index is 184. The van der Waals surface area contributed by atoms with Crippen molar-refractivity contribution in [1.82, 2.24) is 0 Å². The van der Waals surface area contributed by atoms with E-state index in [0.29, 0.717) is 0 Å². The maximum Gasteiger partial charge on any atom is 0.0515 e. The monoisotopic (exact) mass is 240 g/mol. The molecule has 0 aromatic rings. The molecule has 0 spiro atoms. The SMILES string of the molecule is C=C(CCC(C)O)CC(C)CCCCCCC. The molecule has 0 amide bonds. The topological polar surface area (TPSA) is 20.2 Å². The Labute approximate surface area is 108 Å². The summed E-state index contributed by atoms with van der Waals surface area (Å²) in [6.45, 7) is 10.6. The minimum atomic E-state index is -0.184. The van der Waals surface area contributed by atoms with Crippen LogP contribution in [0.3, 0.4) is 0 Å². The van der Waals surface area contributed by atoms with Crippen molar-refractivity contribution in [2.75, 3.05) is 0 Å². The Morgan fingerprint density at radius 1 is 1.06 bits per heavy atom. The van der Waals surface area contributed by atoms with Gasteiger partial charge >= 0.3 is 0 Å². The first-order chi connectivity index (χ1) is 8.06. The Morgan fingerprint density at radius 2 is 1.71 bits per heavy atom. The maximum absolute atomic E-state index is 9.22. The van der Waals surface area contributed by atoms with Gasteiger partial charge in [0.2, 0.25) is 0 Å². The molecule has 0 fully saturated rings. The highest BCUT2D eigenvalue weighted by Gasteiger charge is 2.05. The molecule has 0 aromatic heterocycles. The molecule has 0 heterocycles. The molecule has 102 valence electrons. The van der Waals surface area contributed by atoms with Crippen LogP contribution in [0.25, 0.3) is 0 Å². The normalized spacial score (nSPS) is 14.6. The quantitative estimate of drug-likeness (QED) is 0.394. The van der Waals surface area contributed by atoms with Crippen LogP contribution in [-0.4, -0.2) is 11.2 Å². The predicted octanol–water partition coefficient (Wildman–Crippen LogP) is 5.09. The molecular formula is C16H32O. The zero-order valence-corrected chi connectivity index (χ0v) is 12.2. The van der Waals surface area contributed by atoms with Crippen LogP contribution < -0.4 is 0 Å². The summed E-state index contributed by atoms with van der Waals surface area (Å²) in [5, 5.41) is 9.22. The van der Waals surface area contributed by atoms with Crippen LogP contribution in [0.15, 0.2) is 12.2 Å². The number of unbranched alkanes of at least 4 members (excludes halogenated alkanes) is 4. The van der Waals surface area contributed by atoms with Crippen molar-refractivity contribution >= 4 is 0 Å². The van der Waals surface area contributed by atoms with Crippen LogP contribution in [0, 0.1) is 5.92 Å². The van der Waals surface area contributed by atoms with Gasteiger partial charge in [0.25, 0.3) is 0 Å². The summed E-state index contributed by atoms with van der Waals surface area (Å²) in [7, 11) is 0. The minimum absolute atomic E-state index is 0.184. The van der Waals surface area contributed by atoms with Gasteiger partial charge in [-0.2, -0.15) is 0 Å². The lowest BCUT2D eigenvalue weighted by molar-refractivity contribution is 0.184. The van der Waals surface area contributed by atoms with E-state index in [1.807, 2.05) is 6.92 Å². The smallest absolute Gasteiger partial charge is 0.0515 e. The second-order valence-electron chi connectivity index (χ2n) is 5.65. The van der Waals surface area contributed by atoms with Crippen molar-refractivity contribution in [3.05, 3.63) is 12.2 Å². The summed E-state index contributed by atoms with van der Waals surface area (Å²) in [5.41, 5.74) is 1.31. The summed E-state index contributed by atoms with van der Waals surface area (Å²) in [5.74, 6) is 0.762. The fourth-order valence-corrected chi connectivity index (χ4v) is 2.21. The van der Waals surface area contributed by atoms with E-state index in [0.717, 1.165) is 25.2 Å². The molecule has 17 heavy (non-hydrogen) atoms. The van der Waals surface area contributed by atoms with Gasteiger partial charge in [-0.05, 0) is 32.1 Å². The largest absolute Gasteiger partial charge is 0.393 e. The zero-order valence-electron chi connectivity index (χ0n) is 12.2. The van der Waals surface area contributed by atoms with Gasteiger partial charge in [-0.25, -0.2) is 0 Å². The van der Waals surface area contributed by atoms with Gasteiger partial charge in [0.15, 0.2) is 0 Å². The Morgan fingerprint density at radius 3 is 2.29 bits per heavy atom. The third-order valence-corrected chi connectivity index (χ3v) is 3.35. The summed E-state index contributed by atoms with van der Waals surface area (Å²) < 4.78 is 0. The van der Waals surface area contributed by atoms with Crippen molar-refractivity contribution in [3.63, 3.8) is 0 Å². The molecule has 0 aliphatic carbocycles. The van der Waals surface area contributed by atoms with Crippen LogP contribution in [0.1, 0.15) is 78.6 Å². The molecule has 0 bridgehead atoms. The summed E-state index contributed by atoms with van der Waals surface area (Å²) in [4.78, 5) is 0. The molecule has 0 aliphatic heterocycles. The standard InChI is InChI=1S/C16H32O/c1-5-6-7-8-9-10-14(2)13-15(3)11-12-16(4)17/h14,16-17H,3,5-13H2,1-2,4H3. The molecular weight excluding hydrogens is 208 g/mol. The summed E-state index contributed by atoms with van der Waals surface area (Å²) in [6, 6.07) is 0. The Hall–Kier alpha value is -0.300. The molecule has 1 nitrogen and oxygen atoms in total. The molecule has 0 aliphatic rings. The van der Waals surface area contributed by atoms with Crippen molar-refractivity contribution in [2.24, 2.45) is 5.92 Å². The first-order valence-corrected chi connectivity index (χ1v) is 7.41. The van der Waals surface area contributed by atoms with Crippen molar-refractivity contribution in [3.8, 4) is 0 Å². The van der Waals surface area contributed by atoms with Crippen LogP contribution >= 0.6 is 0 Å². The van der Waals surface area contributed by atoms with Gasteiger partial charge in [-0.15, -0.1) is 0 Å². The average molecular weight is 240 g/mol. The van der Waals surface area contributed by atoms with Crippen molar-refractivity contribution in [2.45, 2.75) is 84.7 Å². The Kier molecular flexibility index (Phi) is 10.6. The van der Waals surface area contributed by atoms with Gasteiger partial charge in [-0.1, -0.05) is 64.5 Å². The molecule has 0 saturated heterocycles. The van der Waals surface area contributed by atoms with Gasteiger partial charge in [0, 0.05) is 0 Å². The average Bonchev–Trinajstić information content (AvgIpc) is 2.26. The lowest BCUT2D eigenvalue weighted by atomic mass is 9.93. The maximum atomic E-state index is 9.22. The third-order valence-electron chi connectivity index (χ3n) is 3.35. The summed E-state index contributed by atoms with van der Waals surface area (Å²) >= 11 is 0. The first kappa shape index (κ1) is 16.7. The number of rotatable bonds is 11. The molecule has 2 unspecified atom stereocenters. The van der Waals surface area contributed by atoms with Crippen molar-refractivity contribution in [1.29, 1.82) is 0 Å². The zero-order chi connectivity index (χ0) is 13.1. The minimum Gasteiger partial charge on any atom is -0.393 e. The highest BCUT2D eigenvalue weighted by Crippen LogP contribution is 2.20. The number of hydrogen-bond donors (Lipinski definition) is 1. The van der Waals surface area contributed by atoms with E-state index in [4.69, 9.17) is 0 Å². The second-order valence-corrected chi connectivity index (χ2v) is 5.65. The molecule has 2 atom stereocenters. The van der Waals surface area contributed by atoms with E-state index in [1.165, 1.54) is 44.1 Å². The highest BCUT2D eigenvalue weighted by atomic mass is 16.3. The number of hydrogen-bond acceptors (Lipinski definition) is 1. The fraction of sp³-hybridized carbons (Fsp3) is 0.875. The fourth-order valence-electron chi connectivity index (χ4n) is 2.21. The lowest BCUT2D eigenvalue weighted by Gasteiger charge is -2.14. The van der Waals surface area contributed by atoms with Crippen LogP contribution in [0.2, 0.25) is 0 Å². The lowest BCUT2D eigenvalue weighted by Crippen LogP contribution is -2.02. The Balaban J connectivity index is 3.44.